The predicted molar refractivity (Wildman–Crippen MR) is 87.9 cm³/mol. The van der Waals surface area contributed by atoms with Crippen molar-refractivity contribution in [2.45, 2.75) is 25.9 Å². The second kappa shape index (κ2) is 8.59. The maximum atomic E-state index is 5.53. The number of nitrogens with zero attached hydrogens (tertiary/aromatic N) is 1. The molecular weight excluding hydrogens is 286 g/mol. The van der Waals surface area contributed by atoms with Gasteiger partial charge in [-0.3, -0.25) is 5.43 Å². The quantitative estimate of drug-likeness (QED) is 0.479. The largest absolute Gasteiger partial charge is 0.493 e. The Kier molecular flexibility index (Phi) is 6.43. The summed E-state index contributed by atoms with van der Waals surface area (Å²) in [7, 11) is 0. The summed E-state index contributed by atoms with van der Waals surface area (Å²) in [5, 5.41) is 7.73. The van der Waals surface area contributed by atoms with Crippen LogP contribution in [0.15, 0.2) is 29.4 Å². The first-order valence-corrected chi connectivity index (χ1v) is 7.60. The number of hydrogen-bond acceptors (Lipinski definition) is 4. The Hall–Kier alpha value is -1.66. The van der Waals surface area contributed by atoms with Gasteiger partial charge < -0.3 is 14.8 Å². The molecule has 1 saturated heterocycles. The van der Waals surface area contributed by atoms with Crippen molar-refractivity contribution in [3.63, 3.8) is 0 Å². The van der Waals surface area contributed by atoms with Crippen LogP contribution < -0.4 is 15.5 Å². The van der Waals surface area contributed by atoms with Crippen LogP contribution in [0.3, 0.4) is 0 Å². The standard InChI is InChI=1S/C15H21N3O2S/c1-2-19-14-8-4-3-6-12(14)10-17-18-15(21)16-11-13-7-5-9-20-13/h3-4,6,8,10,13H,2,5,7,9,11H2,1H3,(H2,16,18,21)/b17-10+. The zero-order chi connectivity index (χ0) is 14.9. The molecule has 21 heavy (non-hydrogen) atoms. The van der Waals surface area contributed by atoms with Crippen molar-refractivity contribution in [2.75, 3.05) is 19.8 Å². The Morgan fingerprint density at radius 1 is 1.52 bits per heavy atom. The second-order valence-electron chi connectivity index (χ2n) is 4.69. The van der Waals surface area contributed by atoms with Crippen molar-refractivity contribution in [1.29, 1.82) is 0 Å². The molecule has 1 aromatic rings. The summed E-state index contributed by atoms with van der Waals surface area (Å²) in [6.45, 7) is 4.14. The average molecular weight is 307 g/mol. The second-order valence-corrected chi connectivity index (χ2v) is 5.09. The third-order valence-electron chi connectivity index (χ3n) is 3.10. The van der Waals surface area contributed by atoms with Gasteiger partial charge in [-0.1, -0.05) is 12.1 Å². The molecule has 1 fully saturated rings. The highest BCUT2D eigenvalue weighted by Crippen LogP contribution is 2.15. The summed E-state index contributed by atoms with van der Waals surface area (Å²) >= 11 is 5.17. The maximum absolute atomic E-state index is 5.53. The van der Waals surface area contributed by atoms with Gasteiger partial charge in [0, 0.05) is 18.7 Å². The van der Waals surface area contributed by atoms with E-state index in [1.165, 1.54) is 0 Å². The van der Waals surface area contributed by atoms with Crippen LogP contribution in [0, 0.1) is 0 Å². The zero-order valence-electron chi connectivity index (χ0n) is 12.2. The number of nitrogens with one attached hydrogen (secondary N) is 2. The molecule has 0 aliphatic carbocycles. The van der Waals surface area contributed by atoms with Gasteiger partial charge in [-0.05, 0) is 44.1 Å². The Labute approximate surface area is 130 Å². The molecule has 0 aromatic heterocycles. The minimum atomic E-state index is 0.257. The molecule has 1 atom stereocenters. The molecule has 6 heteroatoms. The van der Waals surface area contributed by atoms with Gasteiger partial charge in [0.2, 0.25) is 0 Å². The number of ether oxygens (including phenoxy) is 2. The van der Waals surface area contributed by atoms with Crippen LogP contribution in [0.2, 0.25) is 0 Å². The lowest BCUT2D eigenvalue weighted by Gasteiger charge is -2.11. The Bertz CT molecular complexity index is 488. The molecule has 2 rings (SSSR count). The Morgan fingerprint density at radius 2 is 2.38 bits per heavy atom. The number of para-hydroxylation sites is 1. The summed E-state index contributed by atoms with van der Waals surface area (Å²) in [5.41, 5.74) is 3.71. The fourth-order valence-corrected chi connectivity index (χ4v) is 2.22. The van der Waals surface area contributed by atoms with Crippen molar-refractivity contribution in [3.8, 4) is 5.75 Å². The summed E-state index contributed by atoms with van der Waals surface area (Å²) < 4.78 is 11.0. The molecule has 1 aromatic carbocycles. The van der Waals surface area contributed by atoms with Crippen LogP contribution in [0.25, 0.3) is 0 Å². The third-order valence-corrected chi connectivity index (χ3v) is 3.34. The molecule has 114 valence electrons. The topological polar surface area (TPSA) is 54.9 Å². The van der Waals surface area contributed by atoms with Crippen molar-refractivity contribution >= 4 is 23.5 Å². The predicted octanol–water partition coefficient (Wildman–Crippen LogP) is 2.06. The highest BCUT2D eigenvalue weighted by atomic mass is 32.1. The molecule has 1 unspecified atom stereocenters. The molecule has 0 spiro atoms. The lowest BCUT2D eigenvalue weighted by Crippen LogP contribution is -2.37. The molecule has 0 radical (unpaired) electrons. The van der Waals surface area contributed by atoms with Gasteiger partial charge in [-0.2, -0.15) is 5.10 Å². The van der Waals surface area contributed by atoms with E-state index in [0.29, 0.717) is 11.7 Å². The van der Waals surface area contributed by atoms with E-state index in [1.54, 1.807) is 6.21 Å². The van der Waals surface area contributed by atoms with E-state index < -0.39 is 0 Å². The van der Waals surface area contributed by atoms with E-state index in [2.05, 4.69) is 15.8 Å². The van der Waals surface area contributed by atoms with Crippen LogP contribution in [0.4, 0.5) is 0 Å². The van der Waals surface area contributed by atoms with Gasteiger partial charge in [0.05, 0.1) is 18.9 Å². The van der Waals surface area contributed by atoms with Gasteiger partial charge in [0.1, 0.15) is 5.75 Å². The monoisotopic (exact) mass is 307 g/mol. The minimum Gasteiger partial charge on any atom is -0.493 e. The molecule has 0 saturated carbocycles. The lowest BCUT2D eigenvalue weighted by molar-refractivity contribution is 0.114. The smallest absolute Gasteiger partial charge is 0.187 e. The van der Waals surface area contributed by atoms with Gasteiger partial charge in [-0.25, -0.2) is 0 Å². The molecule has 2 N–H and O–H groups in total. The van der Waals surface area contributed by atoms with E-state index in [4.69, 9.17) is 21.7 Å². The maximum Gasteiger partial charge on any atom is 0.187 e. The number of rotatable bonds is 6. The number of hydrogen-bond donors (Lipinski definition) is 2. The fraction of sp³-hybridized carbons (Fsp3) is 0.467. The molecule has 5 nitrogen and oxygen atoms in total. The summed E-state index contributed by atoms with van der Waals surface area (Å²) in [5.74, 6) is 0.809. The van der Waals surface area contributed by atoms with Gasteiger partial charge in [0.15, 0.2) is 5.11 Å². The molecule has 0 bridgehead atoms. The number of hydrazone groups is 1. The van der Waals surface area contributed by atoms with E-state index >= 15 is 0 Å². The SMILES string of the molecule is CCOc1ccccc1/C=N/NC(=S)NCC1CCCO1. The van der Waals surface area contributed by atoms with Gasteiger partial charge in [-0.15, -0.1) is 0 Å². The summed E-state index contributed by atoms with van der Waals surface area (Å²) in [4.78, 5) is 0. The Morgan fingerprint density at radius 3 is 3.14 bits per heavy atom. The van der Waals surface area contributed by atoms with E-state index in [9.17, 15) is 0 Å². The molecule has 1 aliphatic heterocycles. The lowest BCUT2D eigenvalue weighted by atomic mass is 10.2. The molecule has 0 amide bonds. The van der Waals surface area contributed by atoms with Crippen molar-refractivity contribution in [3.05, 3.63) is 29.8 Å². The average Bonchev–Trinajstić information content (AvgIpc) is 3.00. The van der Waals surface area contributed by atoms with Crippen molar-refractivity contribution in [2.24, 2.45) is 5.10 Å². The number of thiocarbonyl (C=S) groups is 1. The normalized spacial score (nSPS) is 17.9. The third kappa shape index (κ3) is 5.32. The van der Waals surface area contributed by atoms with Gasteiger partial charge in [0.25, 0.3) is 0 Å². The van der Waals surface area contributed by atoms with E-state index in [1.807, 2.05) is 31.2 Å². The van der Waals surface area contributed by atoms with Crippen LogP contribution in [0.5, 0.6) is 5.75 Å². The minimum absolute atomic E-state index is 0.257. The highest BCUT2D eigenvalue weighted by Gasteiger charge is 2.14. The van der Waals surface area contributed by atoms with E-state index in [-0.39, 0.29) is 6.10 Å². The highest BCUT2D eigenvalue weighted by molar-refractivity contribution is 7.80. The summed E-state index contributed by atoms with van der Waals surface area (Å²) in [6.07, 6.45) is 4.16. The Balaban J connectivity index is 1.77. The van der Waals surface area contributed by atoms with Crippen LogP contribution in [-0.4, -0.2) is 37.2 Å². The van der Waals surface area contributed by atoms with Crippen LogP contribution in [-0.2, 0) is 4.74 Å². The van der Waals surface area contributed by atoms with Crippen LogP contribution in [0.1, 0.15) is 25.3 Å². The fourth-order valence-electron chi connectivity index (χ4n) is 2.09. The van der Waals surface area contributed by atoms with E-state index in [0.717, 1.165) is 37.3 Å². The van der Waals surface area contributed by atoms with Crippen molar-refractivity contribution in [1.82, 2.24) is 10.7 Å². The van der Waals surface area contributed by atoms with Crippen LogP contribution >= 0.6 is 12.2 Å². The molecule has 1 heterocycles. The summed E-state index contributed by atoms with van der Waals surface area (Å²) in [6, 6.07) is 7.74. The molecule has 1 aliphatic rings. The first kappa shape index (κ1) is 15.7. The first-order chi connectivity index (χ1) is 10.3. The van der Waals surface area contributed by atoms with Gasteiger partial charge >= 0.3 is 0 Å². The zero-order valence-corrected chi connectivity index (χ0v) is 13.0. The molecular formula is C15H21N3O2S. The number of benzene rings is 1. The van der Waals surface area contributed by atoms with Crippen molar-refractivity contribution < 1.29 is 9.47 Å². The first-order valence-electron chi connectivity index (χ1n) is 7.20.